The molecule has 3 rings (SSSR count). The van der Waals surface area contributed by atoms with Crippen LogP contribution >= 0.6 is 0 Å². The Morgan fingerprint density at radius 3 is 2.45 bits per heavy atom. The van der Waals surface area contributed by atoms with E-state index in [1.54, 1.807) is 0 Å². The van der Waals surface area contributed by atoms with E-state index in [1.165, 1.54) is 19.3 Å². The number of nitrogens with one attached hydrogen (secondary N) is 1. The summed E-state index contributed by atoms with van der Waals surface area (Å²) in [5.41, 5.74) is 4.61. The molecule has 0 atom stereocenters. The number of hydrazine groups is 1. The standard InChI is InChI=1S/C15H19N5/c16-19-14-11-13(12-7-3-1-4-8-12)17-15(18-14)20-9-5-2-6-10-20/h1,3-4,7-8,11H,2,5-6,9-10,16H2,(H,17,18,19). The number of hydrogen-bond donors (Lipinski definition) is 2. The monoisotopic (exact) mass is 269 g/mol. The van der Waals surface area contributed by atoms with Crippen molar-refractivity contribution < 1.29 is 0 Å². The number of benzene rings is 1. The van der Waals surface area contributed by atoms with Crippen molar-refractivity contribution in [1.29, 1.82) is 0 Å². The molecule has 2 aromatic rings. The van der Waals surface area contributed by atoms with Crippen molar-refractivity contribution in [3.63, 3.8) is 0 Å². The van der Waals surface area contributed by atoms with Crippen molar-refractivity contribution >= 4 is 11.8 Å². The smallest absolute Gasteiger partial charge is 0.227 e. The van der Waals surface area contributed by atoms with Gasteiger partial charge in [-0.2, -0.15) is 4.98 Å². The molecule has 0 saturated carbocycles. The first kappa shape index (κ1) is 12.9. The molecule has 1 aliphatic rings. The molecule has 1 saturated heterocycles. The molecule has 1 fully saturated rings. The van der Waals surface area contributed by atoms with Gasteiger partial charge in [0, 0.05) is 24.7 Å². The largest absolute Gasteiger partial charge is 0.341 e. The zero-order chi connectivity index (χ0) is 13.8. The average molecular weight is 269 g/mol. The molecule has 1 aromatic carbocycles. The van der Waals surface area contributed by atoms with Crippen LogP contribution in [0.1, 0.15) is 19.3 Å². The van der Waals surface area contributed by atoms with Crippen LogP contribution in [-0.2, 0) is 0 Å². The Kier molecular flexibility index (Phi) is 3.78. The minimum Gasteiger partial charge on any atom is -0.341 e. The van der Waals surface area contributed by atoms with Crippen LogP contribution in [0.4, 0.5) is 11.8 Å². The number of nitrogens with two attached hydrogens (primary N) is 1. The highest BCUT2D eigenvalue weighted by atomic mass is 15.3. The molecule has 0 amide bonds. The van der Waals surface area contributed by atoms with Gasteiger partial charge in [0.25, 0.3) is 0 Å². The number of nitrogen functional groups attached to an aromatic ring is 1. The van der Waals surface area contributed by atoms with Crippen molar-refractivity contribution in [2.45, 2.75) is 19.3 Å². The lowest BCUT2D eigenvalue weighted by atomic mass is 10.1. The van der Waals surface area contributed by atoms with Gasteiger partial charge in [0.15, 0.2) is 0 Å². The lowest BCUT2D eigenvalue weighted by Gasteiger charge is -2.27. The second kappa shape index (κ2) is 5.88. The third-order valence-corrected chi connectivity index (χ3v) is 3.57. The van der Waals surface area contributed by atoms with Crippen LogP contribution in [0, 0.1) is 0 Å². The van der Waals surface area contributed by atoms with E-state index in [1.807, 2.05) is 36.4 Å². The van der Waals surface area contributed by atoms with E-state index >= 15 is 0 Å². The number of anilines is 2. The van der Waals surface area contributed by atoms with Gasteiger partial charge in [-0.15, -0.1) is 0 Å². The Bertz CT molecular complexity index is 564. The van der Waals surface area contributed by atoms with E-state index in [9.17, 15) is 0 Å². The molecule has 5 nitrogen and oxygen atoms in total. The summed E-state index contributed by atoms with van der Waals surface area (Å²) in [6.45, 7) is 2.03. The molecule has 1 aromatic heterocycles. The van der Waals surface area contributed by atoms with Gasteiger partial charge in [-0.25, -0.2) is 10.8 Å². The highest BCUT2D eigenvalue weighted by Gasteiger charge is 2.15. The number of rotatable bonds is 3. The molecule has 2 heterocycles. The summed E-state index contributed by atoms with van der Waals surface area (Å²) in [6, 6.07) is 12.0. The van der Waals surface area contributed by atoms with Crippen molar-refractivity contribution in [2.24, 2.45) is 5.84 Å². The molecule has 0 aliphatic carbocycles. The van der Waals surface area contributed by atoms with Gasteiger partial charge < -0.3 is 10.3 Å². The lowest BCUT2D eigenvalue weighted by molar-refractivity contribution is 0.568. The minimum absolute atomic E-state index is 0.652. The van der Waals surface area contributed by atoms with Crippen LogP contribution in [0.2, 0.25) is 0 Å². The van der Waals surface area contributed by atoms with Crippen LogP contribution in [0.25, 0.3) is 11.3 Å². The molecular formula is C15H19N5. The van der Waals surface area contributed by atoms with E-state index in [0.29, 0.717) is 5.82 Å². The van der Waals surface area contributed by atoms with Crippen molar-refractivity contribution in [1.82, 2.24) is 9.97 Å². The summed E-state index contributed by atoms with van der Waals surface area (Å²) < 4.78 is 0. The second-order valence-electron chi connectivity index (χ2n) is 5.00. The van der Waals surface area contributed by atoms with E-state index in [2.05, 4.69) is 15.3 Å². The summed E-state index contributed by atoms with van der Waals surface area (Å²) in [4.78, 5) is 11.4. The Morgan fingerprint density at radius 2 is 1.75 bits per heavy atom. The summed E-state index contributed by atoms with van der Waals surface area (Å²) in [5, 5.41) is 0. The highest BCUT2D eigenvalue weighted by molar-refractivity contribution is 5.64. The van der Waals surface area contributed by atoms with Gasteiger partial charge >= 0.3 is 0 Å². The van der Waals surface area contributed by atoms with Gasteiger partial charge in [0.05, 0.1) is 5.69 Å². The van der Waals surface area contributed by atoms with Crippen LogP contribution in [0.3, 0.4) is 0 Å². The van der Waals surface area contributed by atoms with E-state index < -0.39 is 0 Å². The molecule has 0 radical (unpaired) electrons. The minimum atomic E-state index is 0.652. The molecular weight excluding hydrogens is 250 g/mol. The Morgan fingerprint density at radius 1 is 1.00 bits per heavy atom. The number of piperidine rings is 1. The fraction of sp³-hybridized carbons (Fsp3) is 0.333. The van der Waals surface area contributed by atoms with E-state index in [-0.39, 0.29) is 0 Å². The van der Waals surface area contributed by atoms with Crippen LogP contribution < -0.4 is 16.2 Å². The fourth-order valence-electron chi connectivity index (χ4n) is 2.50. The Labute approximate surface area is 118 Å². The van der Waals surface area contributed by atoms with Crippen molar-refractivity contribution in [3.8, 4) is 11.3 Å². The van der Waals surface area contributed by atoms with Gasteiger partial charge in [-0.05, 0) is 19.3 Å². The van der Waals surface area contributed by atoms with E-state index in [0.717, 1.165) is 30.3 Å². The highest BCUT2D eigenvalue weighted by Crippen LogP contribution is 2.24. The van der Waals surface area contributed by atoms with Gasteiger partial charge in [-0.1, -0.05) is 30.3 Å². The fourth-order valence-corrected chi connectivity index (χ4v) is 2.50. The first-order chi connectivity index (χ1) is 9.86. The predicted molar refractivity (Wildman–Crippen MR) is 81.3 cm³/mol. The lowest BCUT2D eigenvalue weighted by Crippen LogP contribution is -2.31. The molecule has 3 N–H and O–H groups in total. The first-order valence-corrected chi connectivity index (χ1v) is 7.03. The Balaban J connectivity index is 1.98. The van der Waals surface area contributed by atoms with E-state index in [4.69, 9.17) is 10.8 Å². The normalized spacial score (nSPS) is 15.2. The molecule has 5 heteroatoms. The maximum absolute atomic E-state index is 5.54. The zero-order valence-corrected chi connectivity index (χ0v) is 11.4. The van der Waals surface area contributed by atoms with Gasteiger partial charge in [-0.3, -0.25) is 0 Å². The predicted octanol–water partition coefficient (Wildman–Crippen LogP) is 2.42. The topological polar surface area (TPSA) is 67.1 Å². The second-order valence-corrected chi connectivity index (χ2v) is 5.00. The molecule has 20 heavy (non-hydrogen) atoms. The van der Waals surface area contributed by atoms with Crippen LogP contribution in [0.15, 0.2) is 36.4 Å². The van der Waals surface area contributed by atoms with Crippen LogP contribution in [-0.4, -0.2) is 23.1 Å². The number of aromatic nitrogens is 2. The third kappa shape index (κ3) is 2.72. The quantitative estimate of drug-likeness (QED) is 0.661. The molecule has 104 valence electrons. The summed E-state index contributed by atoms with van der Waals surface area (Å²) in [6.07, 6.45) is 3.69. The zero-order valence-electron chi connectivity index (χ0n) is 11.4. The Hall–Kier alpha value is -2.14. The third-order valence-electron chi connectivity index (χ3n) is 3.57. The van der Waals surface area contributed by atoms with Gasteiger partial charge in [0.1, 0.15) is 5.82 Å². The first-order valence-electron chi connectivity index (χ1n) is 7.03. The van der Waals surface area contributed by atoms with Crippen LogP contribution in [0.5, 0.6) is 0 Å². The van der Waals surface area contributed by atoms with Crippen molar-refractivity contribution in [3.05, 3.63) is 36.4 Å². The number of nitrogens with zero attached hydrogens (tertiary/aromatic N) is 3. The molecule has 1 aliphatic heterocycles. The van der Waals surface area contributed by atoms with Gasteiger partial charge in [0.2, 0.25) is 5.95 Å². The SMILES string of the molecule is NNc1cc(-c2ccccc2)nc(N2CCCCC2)n1. The summed E-state index contributed by atoms with van der Waals surface area (Å²) in [7, 11) is 0. The van der Waals surface area contributed by atoms with Crippen molar-refractivity contribution in [2.75, 3.05) is 23.4 Å². The maximum atomic E-state index is 5.54. The average Bonchev–Trinajstić information content (AvgIpc) is 2.56. The number of hydrogen-bond acceptors (Lipinski definition) is 5. The summed E-state index contributed by atoms with van der Waals surface area (Å²) >= 11 is 0. The molecule has 0 spiro atoms. The molecule has 0 unspecified atom stereocenters. The maximum Gasteiger partial charge on any atom is 0.227 e. The molecule has 0 bridgehead atoms. The summed E-state index contributed by atoms with van der Waals surface area (Å²) in [5.74, 6) is 6.95.